The summed E-state index contributed by atoms with van der Waals surface area (Å²) in [4.78, 5) is 13.3. The third-order valence-corrected chi connectivity index (χ3v) is 3.36. The number of nitro groups is 1. The minimum Gasteiger partial charge on any atom is -0.354 e. The fourth-order valence-electron chi connectivity index (χ4n) is 2.40. The van der Waals surface area contributed by atoms with Crippen LogP contribution in [-0.2, 0) is 0 Å². The van der Waals surface area contributed by atoms with Gasteiger partial charge in [0.25, 0.3) is 0 Å². The van der Waals surface area contributed by atoms with Crippen LogP contribution in [0.15, 0.2) is 42.6 Å². The van der Waals surface area contributed by atoms with E-state index >= 15 is 0 Å². The van der Waals surface area contributed by atoms with E-state index in [1.165, 1.54) is 11.5 Å². The first-order valence-electron chi connectivity index (χ1n) is 5.98. The number of aromatic amines is 1. The molecule has 19 heavy (non-hydrogen) atoms. The molecule has 3 aromatic rings. The van der Waals surface area contributed by atoms with E-state index in [-0.39, 0.29) is 0 Å². The van der Waals surface area contributed by atoms with Crippen LogP contribution in [0.1, 0.15) is 11.1 Å². The van der Waals surface area contributed by atoms with Gasteiger partial charge in [-0.1, -0.05) is 30.3 Å². The Kier molecular flexibility index (Phi) is 2.56. The lowest BCUT2D eigenvalue weighted by molar-refractivity contribution is -0.400. The second-order valence-electron chi connectivity index (χ2n) is 4.47. The Labute approximate surface area is 109 Å². The van der Waals surface area contributed by atoms with E-state index in [0.717, 1.165) is 33.7 Å². The Morgan fingerprint density at radius 2 is 1.95 bits per heavy atom. The monoisotopic (exact) mass is 252 g/mol. The van der Waals surface area contributed by atoms with Gasteiger partial charge < -0.3 is 4.98 Å². The largest absolute Gasteiger partial charge is 0.354 e. The van der Waals surface area contributed by atoms with Gasteiger partial charge in [0.15, 0.2) is 0 Å². The molecule has 3 rings (SSSR count). The molecule has 0 radical (unpaired) electrons. The van der Waals surface area contributed by atoms with Gasteiger partial charge in [0.1, 0.15) is 0 Å². The van der Waals surface area contributed by atoms with Crippen LogP contribution in [-0.4, -0.2) is 9.91 Å². The normalized spacial score (nSPS) is 11.6. The maximum atomic E-state index is 10.4. The van der Waals surface area contributed by atoms with Gasteiger partial charge >= 0.3 is 0 Å². The number of rotatable bonds is 2. The molecule has 0 aliphatic rings. The number of aryl methyl sites for hydroxylation is 1. The quantitative estimate of drug-likeness (QED) is 0.555. The molecule has 0 bridgehead atoms. The van der Waals surface area contributed by atoms with E-state index in [0.29, 0.717) is 0 Å². The molecule has 0 unspecified atom stereocenters. The van der Waals surface area contributed by atoms with Crippen molar-refractivity contribution in [3.63, 3.8) is 0 Å². The predicted octanol–water partition coefficient (Wildman–Crippen LogP) is 3.88. The standard InChI is InChI=1S/C15H12N2O2/c1-10-11(8-9-17(18)19)6-7-13-12-4-2-3-5-14(12)16-15(10)13/h2-9,16H,1H3/b9-8-. The minimum absolute atomic E-state index is 0.450. The molecule has 0 amide bonds. The minimum atomic E-state index is -0.450. The van der Waals surface area contributed by atoms with Crippen molar-refractivity contribution in [2.24, 2.45) is 0 Å². The van der Waals surface area contributed by atoms with Crippen LogP contribution in [0.2, 0.25) is 0 Å². The Bertz CT molecular complexity index is 815. The average molecular weight is 252 g/mol. The summed E-state index contributed by atoms with van der Waals surface area (Å²) in [5.74, 6) is 0. The van der Waals surface area contributed by atoms with Gasteiger partial charge in [-0.25, -0.2) is 0 Å². The summed E-state index contributed by atoms with van der Waals surface area (Å²) >= 11 is 0. The van der Waals surface area contributed by atoms with Gasteiger partial charge in [-0.05, 0) is 24.1 Å². The molecular weight excluding hydrogens is 240 g/mol. The van der Waals surface area contributed by atoms with Gasteiger partial charge in [0, 0.05) is 22.4 Å². The molecule has 94 valence electrons. The highest BCUT2D eigenvalue weighted by atomic mass is 16.6. The number of nitrogens with one attached hydrogen (secondary N) is 1. The fourth-order valence-corrected chi connectivity index (χ4v) is 2.40. The molecule has 4 heteroatoms. The van der Waals surface area contributed by atoms with Crippen molar-refractivity contribution < 1.29 is 4.92 Å². The molecule has 0 spiro atoms. The smallest absolute Gasteiger partial charge is 0.235 e. The summed E-state index contributed by atoms with van der Waals surface area (Å²) in [6.07, 6.45) is 2.50. The number of para-hydroxylation sites is 1. The maximum Gasteiger partial charge on any atom is 0.235 e. The second kappa shape index (κ2) is 4.24. The Morgan fingerprint density at radius 3 is 2.74 bits per heavy atom. The second-order valence-corrected chi connectivity index (χ2v) is 4.47. The third kappa shape index (κ3) is 1.87. The first-order chi connectivity index (χ1) is 9.16. The molecule has 0 aliphatic carbocycles. The van der Waals surface area contributed by atoms with E-state index in [1.807, 2.05) is 37.3 Å². The van der Waals surface area contributed by atoms with Crippen molar-refractivity contribution in [3.05, 3.63) is 63.8 Å². The molecule has 1 aromatic heterocycles. The molecule has 0 aliphatic heterocycles. The van der Waals surface area contributed by atoms with Crippen molar-refractivity contribution in [1.29, 1.82) is 0 Å². The highest BCUT2D eigenvalue weighted by molar-refractivity contribution is 6.08. The molecule has 4 nitrogen and oxygen atoms in total. The molecule has 0 atom stereocenters. The molecular formula is C15H12N2O2. The van der Waals surface area contributed by atoms with Crippen molar-refractivity contribution in [2.75, 3.05) is 0 Å². The van der Waals surface area contributed by atoms with Crippen LogP contribution in [0.4, 0.5) is 0 Å². The van der Waals surface area contributed by atoms with Gasteiger partial charge in [0.2, 0.25) is 6.20 Å². The van der Waals surface area contributed by atoms with Crippen molar-refractivity contribution in [2.45, 2.75) is 6.92 Å². The van der Waals surface area contributed by atoms with E-state index in [2.05, 4.69) is 11.1 Å². The zero-order chi connectivity index (χ0) is 13.4. The summed E-state index contributed by atoms with van der Waals surface area (Å²) in [7, 11) is 0. The highest BCUT2D eigenvalue weighted by Gasteiger charge is 2.08. The molecule has 2 aromatic carbocycles. The topological polar surface area (TPSA) is 58.9 Å². The zero-order valence-corrected chi connectivity index (χ0v) is 10.4. The lowest BCUT2D eigenvalue weighted by Crippen LogP contribution is -1.86. The lowest BCUT2D eigenvalue weighted by Gasteiger charge is -2.01. The van der Waals surface area contributed by atoms with Crippen LogP contribution in [0.3, 0.4) is 0 Å². The highest BCUT2D eigenvalue weighted by Crippen LogP contribution is 2.29. The summed E-state index contributed by atoms with van der Waals surface area (Å²) in [5, 5.41) is 12.7. The predicted molar refractivity (Wildman–Crippen MR) is 76.6 cm³/mol. The first-order valence-corrected chi connectivity index (χ1v) is 5.98. The zero-order valence-electron chi connectivity index (χ0n) is 10.4. The van der Waals surface area contributed by atoms with Crippen LogP contribution < -0.4 is 0 Å². The van der Waals surface area contributed by atoms with Gasteiger partial charge in [-0.3, -0.25) is 10.1 Å². The van der Waals surface area contributed by atoms with E-state index in [9.17, 15) is 10.1 Å². The molecule has 0 saturated carbocycles. The van der Waals surface area contributed by atoms with Crippen LogP contribution in [0.25, 0.3) is 27.9 Å². The Hall–Kier alpha value is -2.62. The summed E-state index contributed by atoms with van der Waals surface area (Å²) in [6, 6.07) is 12.0. The summed E-state index contributed by atoms with van der Waals surface area (Å²) in [5.41, 5.74) is 3.99. The van der Waals surface area contributed by atoms with Crippen LogP contribution >= 0.6 is 0 Å². The number of hydrogen-bond donors (Lipinski definition) is 1. The van der Waals surface area contributed by atoms with Gasteiger partial charge in [-0.2, -0.15) is 0 Å². The van der Waals surface area contributed by atoms with Crippen molar-refractivity contribution >= 4 is 27.9 Å². The van der Waals surface area contributed by atoms with Crippen LogP contribution in [0, 0.1) is 17.0 Å². The number of fused-ring (bicyclic) bond motifs is 3. The molecule has 1 N–H and O–H groups in total. The summed E-state index contributed by atoms with van der Waals surface area (Å²) < 4.78 is 0. The van der Waals surface area contributed by atoms with E-state index in [4.69, 9.17) is 0 Å². The number of nitrogens with zero attached hydrogens (tertiary/aromatic N) is 1. The first kappa shape index (κ1) is 11.5. The SMILES string of the molecule is Cc1c(/C=C\[N+](=O)[O-])ccc2c1[nH]c1ccccc12. The maximum absolute atomic E-state index is 10.4. The van der Waals surface area contributed by atoms with E-state index in [1.54, 1.807) is 0 Å². The number of aromatic nitrogens is 1. The average Bonchev–Trinajstić information content (AvgIpc) is 2.77. The Morgan fingerprint density at radius 1 is 1.16 bits per heavy atom. The van der Waals surface area contributed by atoms with Crippen LogP contribution in [0.5, 0.6) is 0 Å². The fraction of sp³-hybridized carbons (Fsp3) is 0.0667. The number of hydrogen-bond acceptors (Lipinski definition) is 2. The van der Waals surface area contributed by atoms with Crippen molar-refractivity contribution in [3.8, 4) is 0 Å². The molecule has 1 heterocycles. The number of H-pyrrole nitrogens is 1. The number of benzene rings is 2. The van der Waals surface area contributed by atoms with Crippen molar-refractivity contribution in [1.82, 2.24) is 4.98 Å². The molecule has 0 saturated heterocycles. The lowest BCUT2D eigenvalue weighted by atomic mass is 10.0. The van der Waals surface area contributed by atoms with Gasteiger partial charge in [0.05, 0.1) is 10.4 Å². The third-order valence-electron chi connectivity index (χ3n) is 3.36. The Balaban J connectivity index is 2.27. The summed E-state index contributed by atoms with van der Waals surface area (Å²) in [6.45, 7) is 1.97. The van der Waals surface area contributed by atoms with E-state index < -0.39 is 4.92 Å². The molecule has 0 fully saturated rings. The van der Waals surface area contributed by atoms with Gasteiger partial charge in [-0.15, -0.1) is 0 Å².